The van der Waals surface area contributed by atoms with E-state index in [1.54, 1.807) is 25.6 Å². The molecule has 0 radical (unpaired) electrons. The number of hydrogen-bond donors (Lipinski definition) is 0. The van der Waals surface area contributed by atoms with Crippen LogP contribution in [0.25, 0.3) is 10.2 Å². The van der Waals surface area contributed by atoms with E-state index in [4.69, 9.17) is 14.5 Å². The number of nitrogens with zero attached hydrogens (tertiary/aromatic N) is 7. The topological polar surface area (TPSA) is 81.4 Å². The van der Waals surface area contributed by atoms with Crippen LogP contribution in [0.1, 0.15) is 55.6 Å². The molecule has 10 heteroatoms. The maximum absolute atomic E-state index is 5.66. The second-order valence-corrected chi connectivity index (χ2v) is 10.8. The molecule has 2 fully saturated rings. The normalized spacial score (nSPS) is 18.3. The quantitative estimate of drug-likeness (QED) is 0.347. The van der Waals surface area contributed by atoms with Gasteiger partial charge in [0.05, 0.1) is 36.5 Å². The van der Waals surface area contributed by atoms with Crippen molar-refractivity contribution in [3.63, 3.8) is 0 Å². The molecule has 37 heavy (non-hydrogen) atoms. The van der Waals surface area contributed by atoms with Gasteiger partial charge in [0.2, 0.25) is 0 Å². The third-order valence-electron chi connectivity index (χ3n) is 7.64. The van der Waals surface area contributed by atoms with Gasteiger partial charge in [0.1, 0.15) is 0 Å². The number of benzene rings is 2. The molecule has 1 aliphatic heterocycles. The Morgan fingerprint density at radius 1 is 0.919 bits per heavy atom. The first-order chi connectivity index (χ1) is 18.2. The lowest BCUT2D eigenvalue weighted by Gasteiger charge is -2.39. The number of methoxy groups -OCH3 is 2. The van der Waals surface area contributed by atoms with Crippen molar-refractivity contribution < 1.29 is 9.47 Å². The van der Waals surface area contributed by atoms with Gasteiger partial charge in [-0.05, 0) is 53.1 Å². The smallest absolute Gasteiger partial charge is 0.186 e. The van der Waals surface area contributed by atoms with Crippen molar-refractivity contribution in [2.24, 2.45) is 0 Å². The molecule has 194 valence electrons. The Morgan fingerprint density at radius 2 is 1.70 bits per heavy atom. The average Bonchev–Trinajstić information content (AvgIpc) is 3.62. The lowest BCUT2D eigenvalue weighted by molar-refractivity contribution is 0.193. The number of hydrogen-bond acceptors (Lipinski definition) is 9. The number of rotatable bonds is 7. The molecule has 0 spiro atoms. The summed E-state index contributed by atoms with van der Waals surface area (Å²) in [6.45, 7) is 3.56. The van der Waals surface area contributed by atoms with Gasteiger partial charge in [0.15, 0.2) is 22.5 Å². The maximum Gasteiger partial charge on any atom is 0.186 e. The predicted octanol–water partition coefficient (Wildman–Crippen LogP) is 4.72. The molecule has 1 saturated heterocycles. The molecule has 0 N–H and O–H groups in total. The minimum absolute atomic E-state index is 0.0748. The monoisotopic (exact) mass is 519 g/mol. The van der Waals surface area contributed by atoms with Crippen molar-refractivity contribution in [1.29, 1.82) is 0 Å². The van der Waals surface area contributed by atoms with Crippen LogP contribution in [-0.2, 0) is 0 Å². The van der Waals surface area contributed by atoms with Crippen LogP contribution in [0, 0.1) is 0 Å². The highest BCUT2D eigenvalue weighted by Crippen LogP contribution is 2.38. The van der Waals surface area contributed by atoms with Gasteiger partial charge in [-0.1, -0.05) is 48.8 Å². The van der Waals surface area contributed by atoms with Crippen molar-refractivity contribution in [2.75, 3.05) is 45.3 Å². The van der Waals surface area contributed by atoms with Gasteiger partial charge in [-0.3, -0.25) is 4.90 Å². The Morgan fingerprint density at radius 3 is 2.46 bits per heavy atom. The first-order valence-electron chi connectivity index (χ1n) is 13.1. The number of piperazine rings is 1. The highest BCUT2D eigenvalue weighted by molar-refractivity contribution is 7.22. The minimum Gasteiger partial charge on any atom is -0.493 e. The number of ether oxygens (including phenoxy) is 2. The number of anilines is 1. The molecule has 6 rings (SSSR count). The number of tetrazole rings is 1. The van der Waals surface area contributed by atoms with E-state index in [9.17, 15) is 0 Å². The lowest BCUT2D eigenvalue weighted by atomic mass is 9.95. The van der Waals surface area contributed by atoms with Crippen LogP contribution in [0.3, 0.4) is 0 Å². The van der Waals surface area contributed by atoms with E-state index < -0.39 is 0 Å². The lowest BCUT2D eigenvalue weighted by Crippen LogP contribution is -2.48. The van der Waals surface area contributed by atoms with Gasteiger partial charge >= 0.3 is 0 Å². The fourth-order valence-electron chi connectivity index (χ4n) is 5.68. The SMILES string of the molecule is COc1ccc([C@@H](c2nnnn2C2CCCCC2)N2CCN(c3nc4ccccc4s3)CC2)cc1OC. The molecule has 2 aromatic carbocycles. The molecule has 3 heterocycles. The molecule has 1 saturated carbocycles. The standard InChI is InChI=1S/C27H33N7O2S/c1-35-22-13-12-19(18-23(22)36-2)25(26-29-30-31-34(26)20-8-4-3-5-9-20)32-14-16-33(17-15-32)27-28-21-10-6-7-11-24(21)37-27/h6-7,10-13,18,20,25H,3-5,8-9,14-17H2,1-2H3/t25-/m0/s1. The van der Waals surface area contributed by atoms with Crippen molar-refractivity contribution in [2.45, 2.75) is 44.2 Å². The van der Waals surface area contributed by atoms with Crippen molar-refractivity contribution in [1.82, 2.24) is 30.1 Å². The largest absolute Gasteiger partial charge is 0.493 e. The van der Waals surface area contributed by atoms with Gasteiger partial charge < -0.3 is 14.4 Å². The van der Waals surface area contributed by atoms with Crippen LogP contribution in [0.15, 0.2) is 42.5 Å². The Bertz CT molecular complexity index is 1310. The molecule has 2 aliphatic rings. The summed E-state index contributed by atoms with van der Waals surface area (Å²) in [5.74, 6) is 2.35. The summed E-state index contributed by atoms with van der Waals surface area (Å²) < 4.78 is 14.5. The van der Waals surface area contributed by atoms with E-state index in [0.717, 1.165) is 72.6 Å². The summed E-state index contributed by atoms with van der Waals surface area (Å²) in [5, 5.41) is 14.4. The second-order valence-electron chi connectivity index (χ2n) is 9.78. The van der Waals surface area contributed by atoms with Crippen LogP contribution in [-0.4, -0.2) is 70.5 Å². The summed E-state index contributed by atoms with van der Waals surface area (Å²) in [4.78, 5) is 9.79. The molecule has 2 aromatic heterocycles. The highest BCUT2D eigenvalue weighted by Gasteiger charge is 2.33. The third kappa shape index (κ3) is 4.75. The van der Waals surface area contributed by atoms with E-state index >= 15 is 0 Å². The van der Waals surface area contributed by atoms with Gasteiger partial charge in [-0.15, -0.1) is 5.10 Å². The average molecular weight is 520 g/mol. The second kappa shape index (κ2) is 10.6. The molecule has 0 amide bonds. The number of aromatic nitrogens is 5. The zero-order valence-corrected chi connectivity index (χ0v) is 22.2. The van der Waals surface area contributed by atoms with Crippen LogP contribution in [0.5, 0.6) is 11.5 Å². The molecule has 9 nitrogen and oxygen atoms in total. The summed E-state index contributed by atoms with van der Waals surface area (Å²) in [6, 6.07) is 14.8. The molecule has 1 aliphatic carbocycles. The molecule has 4 aromatic rings. The predicted molar refractivity (Wildman–Crippen MR) is 145 cm³/mol. The van der Waals surface area contributed by atoms with E-state index in [2.05, 4.69) is 60.3 Å². The summed E-state index contributed by atoms with van der Waals surface area (Å²) in [6.07, 6.45) is 6.00. The van der Waals surface area contributed by atoms with E-state index in [-0.39, 0.29) is 6.04 Å². The summed E-state index contributed by atoms with van der Waals surface area (Å²) in [7, 11) is 3.35. The zero-order chi connectivity index (χ0) is 25.2. The Balaban J connectivity index is 1.31. The third-order valence-corrected chi connectivity index (χ3v) is 8.74. The van der Waals surface area contributed by atoms with E-state index in [1.807, 2.05) is 12.1 Å². The number of fused-ring (bicyclic) bond motifs is 1. The van der Waals surface area contributed by atoms with Gasteiger partial charge in [0.25, 0.3) is 0 Å². The van der Waals surface area contributed by atoms with Crippen molar-refractivity contribution in [3.8, 4) is 11.5 Å². The van der Waals surface area contributed by atoms with Gasteiger partial charge in [-0.25, -0.2) is 9.67 Å². The van der Waals surface area contributed by atoms with E-state index in [1.165, 1.54) is 24.0 Å². The fraction of sp³-hybridized carbons (Fsp3) is 0.481. The van der Waals surface area contributed by atoms with Crippen LogP contribution >= 0.6 is 11.3 Å². The number of thiazole rings is 1. The van der Waals surface area contributed by atoms with Crippen LogP contribution < -0.4 is 14.4 Å². The molecule has 0 bridgehead atoms. The Hall–Kier alpha value is -3.24. The first-order valence-corrected chi connectivity index (χ1v) is 13.9. The van der Waals surface area contributed by atoms with E-state index in [0.29, 0.717) is 6.04 Å². The highest BCUT2D eigenvalue weighted by atomic mass is 32.1. The molecular weight excluding hydrogens is 486 g/mol. The van der Waals surface area contributed by atoms with Gasteiger partial charge in [0, 0.05) is 26.2 Å². The molecular formula is C27H33N7O2S. The molecule has 0 unspecified atom stereocenters. The zero-order valence-electron chi connectivity index (χ0n) is 21.4. The summed E-state index contributed by atoms with van der Waals surface area (Å²) >= 11 is 1.77. The van der Waals surface area contributed by atoms with Crippen molar-refractivity contribution in [3.05, 3.63) is 53.9 Å². The van der Waals surface area contributed by atoms with Gasteiger partial charge in [-0.2, -0.15) is 0 Å². The summed E-state index contributed by atoms with van der Waals surface area (Å²) in [5.41, 5.74) is 2.18. The van der Waals surface area contributed by atoms with Crippen LogP contribution in [0.2, 0.25) is 0 Å². The van der Waals surface area contributed by atoms with Crippen LogP contribution in [0.4, 0.5) is 5.13 Å². The maximum atomic E-state index is 5.66. The fourth-order valence-corrected chi connectivity index (χ4v) is 6.70. The minimum atomic E-state index is -0.0748. The number of para-hydroxylation sites is 1. The Kier molecular flexibility index (Phi) is 6.93. The Labute approximate surface area is 221 Å². The van der Waals surface area contributed by atoms with Crippen molar-refractivity contribution >= 4 is 26.7 Å². The molecule has 1 atom stereocenters. The first kappa shape index (κ1) is 24.1.